The van der Waals surface area contributed by atoms with Crippen molar-refractivity contribution in [1.82, 2.24) is 0 Å². The van der Waals surface area contributed by atoms with Gasteiger partial charge in [-0.25, -0.2) is 0 Å². The number of phosphoric ester groups is 2. The van der Waals surface area contributed by atoms with Crippen molar-refractivity contribution < 1.29 is 46.5 Å². The second kappa shape index (κ2) is 17.8. The number of phenols is 2. The first-order valence-corrected chi connectivity index (χ1v) is 20.7. The molecule has 0 aliphatic rings. The molecule has 0 aliphatic carbocycles. The number of para-hydroxylation sites is 4. The van der Waals surface area contributed by atoms with Crippen molar-refractivity contribution in [2.45, 2.75) is 55.4 Å². The Labute approximate surface area is 328 Å². The van der Waals surface area contributed by atoms with Gasteiger partial charge in [0.25, 0.3) is 0 Å². The summed E-state index contributed by atoms with van der Waals surface area (Å²) in [5.41, 5.74) is 6.48. The zero-order valence-electron chi connectivity index (χ0n) is 32.6. The topological polar surface area (TPSA) is 130 Å². The summed E-state index contributed by atoms with van der Waals surface area (Å²) in [6.45, 7) is 14.9. The van der Waals surface area contributed by atoms with Crippen LogP contribution in [0.25, 0.3) is 0 Å². The normalized spacial score (nSPS) is 11.1. The molecule has 10 nitrogen and oxygen atoms in total. The molecule has 56 heavy (non-hydrogen) atoms. The molecule has 0 spiro atoms. The SMILES string of the molecule is Cc1cccc(C)c1OP(=O)(Oc1cccc(O)c1)Oc1c(C)cccc1C.Cc1cccc(C)c1OP(=O)(Oc1cccc(O)c1)Oc1c(C)cccc1C. The third kappa shape index (κ3) is 10.7. The van der Waals surface area contributed by atoms with Crippen LogP contribution in [0, 0.1) is 55.4 Å². The van der Waals surface area contributed by atoms with Crippen molar-refractivity contribution in [3.8, 4) is 46.0 Å². The number of aryl methyl sites for hydroxylation is 8. The van der Waals surface area contributed by atoms with Crippen LogP contribution < -0.4 is 27.1 Å². The Hall–Kier alpha value is -5.82. The van der Waals surface area contributed by atoms with Gasteiger partial charge in [-0.3, -0.25) is 0 Å². The van der Waals surface area contributed by atoms with E-state index in [9.17, 15) is 19.3 Å². The smallest absolute Gasteiger partial charge is 0.508 e. The molecule has 0 radical (unpaired) electrons. The molecule has 0 amide bonds. The lowest BCUT2D eigenvalue weighted by molar-refractivity contribution is 0.293. The molecule has 6 aromatic carbocycles. The number of benzene rings is 6. The predicted molar refractivity (Wildman–Crippen MR) is 219 cm³/mol. The summed E-state index contributed by atoms with van der Waals surface area (Å²) in [6, 6.07) is 34.5. The molecule has 2 N–H and O–H groups in total. The van der Waals surface area contributed by atoms with Gasteiger partial charge in [-0.05, 0) is 124 Å². The number of hydrogen-bond acceptors (Lipinski definition) is 10. The summed E-state index contributed by atoms with van der Waals surface area (Å²) in [7, 11) is -8.25. The summed E-state index contributed by atoms with van der Waals surface area (Å²) < 4.78 is 62.1. The average Bonchev–Trinajstić information content (AvgIpc) is 3.12. The monoisotopic (exact) mass is 796 g/mol. The number of aromatic hydroxyl groups is 2. The largest absolute Gasteiger partial charge is 0.647 e. The van der Waals surface area contributed by atoms with Crippen LogP contribution in [0.1, 0.15) is 44.5 Å². The summed E-state index contributed by atoms with van der Waals surface area (Å²) >= 11 is 0. The van der Waals surface area contributed by atoms with Gasteiger partial charge in [-0.2, -0.15) is 9.13 Å². The van der Waals surface area contributed by atoms with Crippen LogP contribution >= 0.6 is 15.6 Å². The number of phenolic OH excluding ortho intramolecular Hbond substituents is 2. The molecule has 0 aliphatic heterocycles. The molecule has 6 aromatic rings. The van der Waals surface area contributed by atoms with Gasteiger partial charge in [-0.15, -0.1) is 0 Å². The van der Waals surface area contributed by atoms with Gasteiger partial charge in [-0.1, -0.05) is 84.9 Å². The van der Waals surface area contributed by atoms with Crippen molar-refractivity contribution >= 4 is 15.6 Å². The molecular formula is C44H46O10P2. The first-order valence-electron chi connectivity index (χ1n) is 17.8. The second-order valence-corrected chi connectivity index (χ2v) is 16.2. The Morgan fingerprint density at radius 1 is 0.339 bits per heavy atom. The van der Waals surface area contributed by atoms with Crippen LogP contribution in [0.3, 0.4) is 0 Å². The van der Waals surface area contributed by atoms with Crippen molar-refractivity contribution in [3.63, 3.8) is 0 Å². The van der Waals surface area contributed by atoms with E-state index in [0.29, 0.717) is 23.0 Å². The van der Waals surface area contributed by atoms with Gasteiger partial charge in [0.15, 0.2) is 0 Å². The predicted octanol–water partition coefficient (Wildman–Crippen LogP) is 12.5. The standard InChI is InChI=1S/2C22H23O5P/c2*1-15-8-5-9-16(2)21(15)26-28(24,25-20-13-7-12-19(23)14-20)27-22-17(3)10-6-11-18(22)4/h2*5-14,23H,1-4H3. The fourth-order valence-electron chi connectivity index (χ4n) is 5.67. The lowest BCUT2D eigenvalue weighted by Gasteiger charge is -2.23. The van der Waals surface area contributed by atoms with E-state index in [0.717, 1.165) is 44.5 Å². The maximum atomic E-state index is 13.7. The summed E-state index contributed by atoms with van der Waals surface area (Å²) in [6.07, 6.45) is 0. The van der Waals surface area contributed by atoms with E-state index >= 15 is 0 Å². The molecule has 6 rings (SSSR count). The van der Waals surface area contributed by atoms with Gasteiger partial charge in [0, 0.05) is 12.1 Å². The van der Waals surface area contributed by atoms with E-state index in [1.54, 1.807) is 24.3 Å². The summed E-state index contributed by atoms with van der Waals surface area (Å²) in [4.78, 5) is 0. The molecule has 0 saturated heterocycles. The fourth-order valence-corrected chi connectivity index (χ4v) is 8.68. The highest BCUT2D eigenvalue weighted by Gasteiger charge is 2.37. The van der Waals surface area contributed by atoms with E-state index in [2.05, 4.69) is 0 Å². The summed E-state index contributed by atoms with van der Waals surface area (Å²) in [5.74, 6) is 2.11. The van der Waals surface area contributed by atoms with E-state index in [1.807, 2.05) is 128 Å². The number of rotatable bonds is 12. The highest BCUT2D eigenvalue weighted by Crippen LogP contribution is 2.54. The molecule has 0 atom stereocenters. The summed E-state index contributed by atoms with van der Waals surface area (Å²) in [5, 5.41) is 19.4. The van der Waals surface area contributed by atoms with Crippen molar-refractivity contribution in [2.24, 2.45) is 0 Å². The molecular weight excluding hydrogens is 750 g/mol. The molecule has 0 bridgehead atoms. The Morgan fingerprint density at radius 3 is 0.768 bits per heavy atom. The maximum absolute atomic E-state index is 13.7. The minimum absolute atomic E-state index is 0.0109. The van der Waals surface area contributed by atoms with Crippen LogP contribution in [-0.4, -0.2) is 10.2 Å². The zero-order chi connectivity index (χ0) is 40.6. The Bertz CT molecular complexity index is 2060. The second-order valence-electron chi connectivity index (χ2n) is 13.3. The van der Waals surface area contributed by atoms with Crippen LogP contribution in [0.5, 0.6) is 46.0 Å². The molecule has 0 saturated carbocycles. The molecule has 0 heterocycles. The van der Waals surface area contributed by atoms with Crippen molar-refractivity contribution in [2.75, 3.05) is 0 Å². The number of hydrogen-bond donors (Lipinski definition) is 2. The van der Waals surface area contributed by atoms with Gasteiger partial charge in [0.2, 0.25) is 0 Å². The molecule has 0 fully saturated rings. The van der Waals surface area contributed by atoms with Crippen LogP contribution in [0.2, 0.25) is 0 Å². The Morgan fingerprint density at radius 2 is 0.554 bits per heavy atom. The van der Waals surface area contributed by atoms with E-state index in [-0.39, 0.29) is 23.0 Å². The van der Waals surface area contributed by atoms with Crippen LogP contribution in [0.4, 0.5) is 0 Å². The van der Waals surface area contributed by atoms with Crippen LogP contribution in [0.15, 0.2) is 121 Å². The van der Waals surface area contributed by atoms with Crippen molar-refractivity contribution in [3.05, 3.63) is 166 Å². The highest BCUT2D eigenvalue weighted by atomic mass is 31.2. The third-order valence-corrected chi connectivity index (χ3v) is 11.0. The molecule has 0 unspecified atom stereocenters. The molecule has 292 valence electrons. The maximum Gasteiger partial charge on any atom is 0.647 e. The van der Waals surface area contributed by atoms with E-state index in [1.165, 1.54) is 24.3 Å². The van der Waals surface area contributed by atoms with Crippen molar-refractivity contribution in [1.29, 1.82) is 0 Å². The van der Waals surface area contributed by atoms with E-state index in [4.69, 9.17) is 27.1 Å². The Kier molecular flexibility index (Phi) is 13.1. The van der Waals surface area contributed by atoms with E-state index < -0.39 is 15.6 Å². The van der Waals surface area contributed by atoms with Gasteiger partial charge < -0.3 is 37.4 Å². The molecule has 12 heteroatoms. The minimum atomic E-state index is -4.12. The molecule has 0 aromatic heterocycles. The van der Waals surface area contributed by atoms with Gasteiger partial charge in [0.1, 0.15) is 46.0 Å². The Balaban J connectivity index is 0.000000214. The van der Waals surface area contributed by atoms with Crippen LogP contribution in [-0.2, 0) is 9.13 Å². The van der Waals surface area contributed by atoms with Gasteiger partial charge >= 0.3 is 15.6 Å². The lowest BCUT2D eigenvalue weighted by atomic mass is 10.1. The highest BCUT2D eigenvalue weighted by molar-refractivity contribution is 7.50. The first kappa shape index (κ1) is 41.3. The quantitative estimate of drug-likeness (QED) is 0.115. The average molecular weight is 797 g/mol. The first-order chi connectivity index (χ1) is 26.5. The fraction of sp³-hybridized carbons (Fsp3) is 0.182. The zero-order valence-corrected chi connectivity index (χ0v) is 34.4. The third-order valence-electron chi connectivity index (χ3n) is 8.52. The number of phosphoric acid groups is 2. The minimum Gasteiger partial charge on any atom is -0.508 e. The van der Waals surface area contributed by atoms with Gasteiger partial charge in [0.05, 0.1) is 0 Å². The lowest BCUT2D eigenvalue weighted by Crippen LogP contribution is -2.10.